The second kappa shape index (κ2) is 5.62. The maximum atomic E-state index is 9.77. The van der Waals surface area contributed by atoms with E-state index in [-0.39, 0.29) is 5.75 Å². The average Bonchev–Trinajstić information content (AvgIpc) is 2.97. The van der Waals surface area contributed by atoms with Crippen LogP contribution in [0.3, 0.4) is 0 Å². The Balaban J connectivity index is 1.83. The summed E-state index contributed by atoms with van der Waals surface area (Å²) in [7, 11) is 1.49. The molecule has 1 N–H and O–H groups in total. The van der Waals surface area contributed by atoms with E-state index in [0.717, 1.165) is 5.56 Å². The Kier molecular flexibility index (Phi) is 3.51. The first-order valence-corrected chi connectivity index (χ1v) is 6.35. The lowest BCUT2D eigenvalue weighted by Crippen LogP contribution is -1.91. The van der Waals surface area contributed by atoms with E-state index in [1.807, 2.05) is 12.1 Å². The van der Waals surface area contributed by atoms with Gasteiger partial charge in [-0.25, -0.2) is 0 Å². The van der Waals surface area contributed by atoms with Crippen LogP contribution in [0.15, 0.2) is 47.2 Å². The molecule has 3 aromatic rings. The second-order valence-corrected chi connectivity index (χ2v) is 4.43. The third-order valence-electron chi connectivity index (χ3n) is 3.01. The quantitative estimate of drug-likeness (QED) is 0.792. The summed E-state index contributed by atoms with van der Waals surface area (Å²) in [6, 6.07) is 8.73. The molecular weight excluding hydrogens is 270 g/mol. The van der Waals surface area contributed by atoms with Crippen molar-refractivity contribution in [1.82, 2.24) is 15.1 Å². The lowest BCUT2D eigenvalue weighted by atomic mass is 10.2. The zero-order valence-electron chi connectivity index (χ0n) is 11.4. The van der Waals surface area contributed by atoms with Crippen LogP contribution < -0.4 is 4.74 Å². The summed E-state index contributed by atoms with van der Waals surface area (Å²) in [6.45, 7) is 0. The van der Waals surface area contributed by atoms with E-state index in [9.17, 15) is 5.11 Å². The van der Waals surface area contributed by atoms with Crippen molar-refractivity contribution in [3.8, 4) is 23.0 Å². The van der Waals surface area contributed by atoms with Crippen molar-refractivity contribution in [2.45, 2.75) is 6.42 Å². The highest BCUT2D eigenvalue weighted by atomic mass is 16.5. The number of rotatable bonds is 4. The topological polar surface area (TPSA) is 81.3 Å². The van der Waals surface area contributed by atoms with Gasteiger partial charge in [0.2, 0.25) is 0 Å². The Morgan fingerprint density at radius 2 is 2.00 bits per heavy atom. The van der Waals surface area contributed by atoms with Gasteiger partial charge in [-0.05, 0) is 35.9 Å². The molecule has 21 heavy (non-hydrogen) atoms. The molecule has 2 aromatic heterocycles. The standard InChI is InChI=1S/C15H13N3O3/c1-20-13-3-2-11(9-12(13)19)15-17-14(18-21-15)8-10-4-6-16-7-5-10/h2-7,9,19H,8H2,1H3. The fourth-order valence-electron chi connectivity index (χ4n) is 1.95. The molecule has 0 fully saturated rings. The number of phenolic OH excluding ortho intramolecular Hbond substituents is 1. The molecule has 0 atom stereocenters. The monoisotopic (exact) mass is 283 g/mol. The fourth-order valence-corrected chi connectivity index (χ4v) is 1.95. The third kappa shape index (κ3) is 2.84. The van der Waals surface area contributed by atoms with Crippen LogP contribution in [0.25, 0.3) is 11.5 Å². The maximum absolute atomic E-state index is 9.77. The highest BCUT2D eigenvalue weighted by Crippen LogP contribution is 2.30. The van der Waals surface area contributed by atoms with Gasteiger partial charge in [0.15, 0.2) is 17.3 Å². The number of benzene rings is 1. The van der Waals surface area contributed by atoms with Crippen LogP contribution in [0.1, 0.15) is 11.4 Å². The molecule has 0 radical (unpaired) electrons. The number of methoxy groups -OCH3 is 1. The number of aromatic nitrogens is 3. The highest BCUT2D eigenvalue weighted by molar-refractivity contribution is 5.59. The molecule has 1 aromatic carbocycles. The van der Waals surface area contributed by atoms with Crippen molar-refractivity contribution in [2.75, 3.05) is 7.11 Å². The summed E-state index contributed by atoms with van der Waals surface area (Å²) in [5, 5.41) is 13.7. The molecule has 0 aliphatic rings. The number of hydrogen-bond donors (Lipinski definition) is 1. The van der Waals surface area contributed by atoms with E-state index < -0.39 is 0 Å². The fraction of sp³-hybridized carbons (Fsp3) is 0.133. The van der Waals surface area contributed by atoms with Gasteiger partial charge in [-0.1, -0.05) is 5.16 Å². The van der Waals surface area contributed by atoms with Gasteiger partial charge in [0.25, 0.3) is 5.89 Å². The maximum Gasteiger partial charge on any atom is 0.258 e. The van der Waals surface area contributed by atoms with Gasteiger partial charge < -0.3 is 14.4 Å². The molecule has 0 unspecified atom stereocenters. The summed E-state index contributed by atoms with van der Waals surface area (Å²) in [4.78, 5) is 8.28. The van der Waals surface area contributed by atoms with Crippen molar-refractivity contribution in [2.24, 2.45) is 0 Å². The van der Waals surface area contributed by atoms with Crippen LogP contribution >= 0.6 is 0 Å². The minimum Gasteiger partial charge on any atom is -0.504 e. The van der Waals surface area contributed by atoms with E-state index in [1.165, 1.54) is 13.2 Å². The first-order chi connectivity index (χ1) is 10.3. The average molecular weight is 283 g/mol. The number of ether oxygens (including phenoxy) is 1. The zero-order valence-corrected chi connectivity index (χ0v) is 11.4. The second-order valence-electron chi connectivity index (χ2n) is 4.43. The highest BCUT2D eigenvalue weighted by Gasteiger charge is 2.11. The minimum atomic E-state index is 0.0314. The molecule has 106 valence electrons. The Bertz CT molecular complexity index is 741. The summed E-state index contributed by atoms with van der Waals surface area (Å²) in [5.74, 6) is 1.36. The van der Waals surface area contributed by atoms with Gasteiger partial charge in [-0.15, -0.1) is 0 Å². The summed E-state index contributed by atoms with van der Waals surface area (Å²) in [5.41, 5.74) is 1.69. The predicted molar refractivity (Wildman–Crippen MR) is 75.0 cm³/mol. The third-order valence-corrected chi connectivity index (χ3v) is 3.01. The largest absolute Gasteiger partial charge is 0.504 e. The zero-order chi connectivity index (χ0) is 14.7. The number of hydrogen-bond acceptors (Lipinski definition) is 6. The first-order valence-electron chi connectivity index (χ1n) is 6.35. The first kappa shape index (κ1) is 13.1. The predicted octanol–water partition coefficient (Wildman–Crippen LogP) is 2.44. The van der Waals surface area contributed by atoms with E-state index in [4.69, 9.17) is 9.26 Å². The number of aromatic hydroxyl groups is 1. The van der Waals surface area contributed by atoms with Crippen LogP contribution in [0, 0.1) is 0 Å². The van der Waals surface area contributed by atoms with Gasteiger partial charge in [0.05, 0.1) is 7.11 Å². The molecule has 0 aliphatic heterocycles. The Hall–Kier alpha value is -2.89. The number of phenols is 1. The number of pyridine rings is 1. The SMILES string of the molecule is COc1ccc(-c2nc(Cc3ccncc3)no2)cc1O. The molecule has 0 saturated heterocycles. The van der Waals surface area contributed by atoms with Crippen molar-refractivity contribution >= 4 is 0 Å². The van der Waals surface area contributed by atoms with Gasteiger partial charge in [0.1, 0.15) is 0 Å². The molecule has 0 amide bonds. The smallest absolute Gasteiger partial charge is 0.258 e. The summed E-state index contributed by atoms with van der Waals surface area (Å²) in [6.07, 6.45) is 4.00. The van der Waals surface area contributed by atoms with Crippen LogP contribution in [-0.2, 0) is 6.42 Å². The van der Waals surface area contributed by atoms with E-state index in [0.29, 0.717) is 29.4 Å². The van der Waals surface area contributed by atoms with Gasteiger partial charge >= 0.3 is 0 Å². The molecule has 0 aliphatic carbocycles. The van der Waals surface area contributed by atoms with Crippen LogP contribution in [0.4, 0.5) is 0 Å². The normalized spacial score (nSPS) is 10.5. The Labute approximate surface area is 121 Å². The minimum absolute atomic E-state index is 0.0314. The van der Waals surface area contributed by atoms with Crippen molar-refractivity contribution in [1.29, 1.82) is 0 Å². The van der Waals surface area contributed by atoms with E-state index in [1.54, 1.807) is 24.5 Å². The van der Waals surface area contributed by atoms with Gasteiger partial charge in [-0.3, -0.25) is 4.98 Å². The summed E-state index contributed by atoms with van der Waals surface area (Å²) >= 11 is 0. The van der Waals surface area contributed by atoms with Crippen LogP contribution in [0.2, 0.25) is 0 Å². The molecule has 2 heterocycles. The van der Waals surface area contributed by atoms with Crippen molar-refractivity contribution in [3.05, 3.63) is 54.1 Å². The number of nitrogens with zero attached hydrogens (tertiary/aromatic N) is 3. The van der Waals surface area contributed by atoms with E-state index >= 15 is 0 Å². The molecule has 0 saturated carbocycles. The van der Waals surface area contributed by atoms with Crippen molar-refractivity contribution < 1.29 is 14.4 Å². The van der Waals surface area contributed by atoms with Gasteiger partial charge in [0, 0.05) is 24.4 Å². The molecule has 0 spiro atoms. The summed E-state index contributed by atoms with van der Waals surface area (Å²) < 4.78 is 10.2. The van der Waals surface area contributed by atoms with E-state index in [2.05, 4.69) is 15.1 Å². The van der Waals surface area contributed by atoms with Crippen molar-refractivity contribution in [3.63, 3.8) is 0 Å². The molecule has 0 bridgehead atoms. The Morgan fingerprint density at radius 1 is 1.19 bits per heavy atom. The molecule has 6 nitrogen and oxygen atoms in total. The van der Waals surface area contributed by atoms with Gasteiger partial charge in [-0.2, -0.15) is 4.98 Å². The molecular formula is C15H13N3O3. The molecule has 6 heteroatoms. The Morgan fingerprint density at radius 3 is 2.71 bits per heavy atom. The van der Waals surface area contributed by atoms with Crippen LogP contribution in [-0.4, -0.2) is 27.3 Å². The molecule has 3 rings (SSSR count). The lowest BCUT2D eigenvalue weighted by Gasteiger charge is -2.03. The lowest BCUT2D eigenvalue weighted by molar-refractivity contribution is 0.373. The van der Waals surface area contributed by atoms with Crippen LogP contribution in [0.5, 0.6) is 11.5 Å².